The molecule has 0 aliphatic rings. The van der Waals surface area contributed by atoms with Crippen LogP contribution >= 0.6 is 0 Å². The minimum absolute atomic E-state index is 0.0248. The Morgan fingerprint density at radius 1 is 1.14 bits per heavy atom. The van der Waals surface area contributed by atoms with Gasteiger partial charge in [0.2, 0.25) is 0 Å². The molecule has 0 saturated heterocycles. The van der Waals surface area contributed by atoms with Crippen molar-refractivity contribution >= 4 is 9.84 Å². The Hall–Kier alpha value is -1.59. The highest BCUT2D eigenvalue weighted by Crippen LogP contribution is 2.16. The maximum Gasteiger partial charge on any atom is 0.179 e. The van der Waals surface area contributed by atoms with Gasteiger partial charge in [0.25, 0.3) is 0 Å². The third kappa shape index (κ3) is 4.19. The van der Waals surface area contributed by atoms with Gasteiger partial charge in [0.1, 0.15) is 5.76 Å². The van der Waals surface area contributed by atoms with Crippen molar-refractivity contribution in [3.63, 3.8) is 0 Å². The van der Waals surface area contributed by atoms with Crippen molar-refractivity contribution in [3.8, 4) is 0 Å². The van der Waals surface area contributed by atoms with Crippen LogP contribution in [0.15, 0.2) is 52.0 Å². The topological polar surface area (TPSA) is 59.3 Å². The Balaban J connectivity index is 2.01. The highest BCUT2D eigenvalue weighted by molar-refractivity contribution is 7.91. The number of benzene rings is 1. The molecule has 1 aromatic heterocycles. The standard InChI is InChI=1S/C16H21NO3S/c1-12-6-8-15(9-7-12)21(18,19)11-13(2)17-14(3)16-5-4-10-20-16/h4-10,13-14,17H,11H2,1-3H3. The Kier molecular flexibility index (Phi) is 4.85. The Morgan fingerprint density at radius 2 is 1.81 bits per heavy atom. The van der Waals surface area contributed by atoms with E-state index in [1.807, 2.05) is 45.0 Å². The molecule has 0 aliphatic carbocycles. The van der Waals surface area contributed by atoms with Gasteiger partial charge in [-0.15, -0.1) is 0 Å². The summed E-state index contributed by atoms with van der Waals surface area (Å²) >= 11 is 0. The molecule has 1 heterocycles. The first-order valence-electron chi connectivity index (χ1n) is 6.97. The van der Waals surface area contributed by atoms with Crippen LogP contribution in [0.4, 0.5) is 0 Å². The average molecular weight is 307 g/mol. The molecule has 1 N–H and O–H groups in total. The molecular weight excluding hydrogens is 286 g/mol. The summed E-state index contributed by atoms with van der Waals surface area (Å²) in [6.07, 6.45) is 1.61. The molecule has 4 nitrogen and oxygen atoms in total. The highest BCUT2D eigenvalue weighted by Gasteiger charge is 2.20. The van der Waals surface area contributed by atoms with E-state index in [0.29, 0.717) is 4.90 Å². The van der Waals surface area contributed by atoms with Crippen LogP contribution in [0.3, 0.4) is 0 Å². The second kappa shape index (κ2) is 6.45. The first kappa shape index (κ1) is 15.8. The third-order valence-corrected chi connectivity index (χ3v) is 5.28. The number of furan rings is 1. The van der Waals surface area contributed by atoms with Crippen molar-refractivity contribution in [2.45, 2.75) is 37.8 Å². The molecule has 114 valence electrons. The van der Waals surface area contributed by atoms with Crippen molar-refractivity contribution < 1.29 is 12.8 Å². The van der Waals surface area contributed by atoms with Crippen LogP contribution in [-0.4, -0.2) is 20.2 Å². The average Bonchev–Trinajstić information content (AvgIpc) is 2.92. The maximum atomic E-state index is 12.4. The van der Waals surface area contributed by atoms with Crippen LogP contribution in [0.5, 0.6) is 0 Å². The molecule has 0 radical (unpaired) electrons. The molecule has 0 spiro atoms. The van der Waals surface area contributed by atoms with E-state index in [2.05, 4.69) is 5.32 Å². The predicted octanol–water partition coefficient (Wildman–Crippen LogP) is 3.10. The monoisotopic (exact) mass is 307 g/mol. The Labute approximate surface area is 126 Å². The summed E-state index contributed by atoms with van der Waals surface area (Å²) in [6.45, 7) is 5.75. The van der Waals surface area contributed by atoms with E-state index in [0.717, 1.165) is 11.3 Å². The summed E-state index contributed by atoms with van der Waals surface area (Å²) in [5.41, 5.74) is 1.05. The van der Waals surface area contributed by atoms with E-state index in [1.165, 1.54) is 0 Å². The van der Waals surface area contributed by atoms with Gasteiger partial charge in [-0.3, -0.25) is 0 Å². The summed E-state index contributed by atoms with van der Waals surface area (Å²) < 4.78 is 30.0. The number of aryl methyl sites for hydroxylation is 1. The summed E-state index contributed by atoms with van der Waals surface area (Å²) in [5.74, 6) is 0.857. The molecule has 0 fully saturated rings. The van der Waals surface area contributed by atoms with Crippen LogP contribution in [-0.2, 0) is 9.84 Å². The molecule has 5 heteroatoms. The molecule has 0 aliphatic heterocycles. The molecule has 2 atom stereocenters. The van der Waals surface area contributed by atoms with Gasteiger partial charge in [0.15, 0.2) is 9.84 Å². The van der Waals surface area contributed by atoms with Gasteiger partial charge >= 0.3 is 0 Å². The summed E-state index contributed by atoms with van der Waals surface area (Å²) in [5, 5.41) is 3.25. The van der Waals surface area contributed by atoms with Gasteiger partial charge in [0, 0.05) is 6.04 Å². The number of nitrogens with one attached hydrogen (secondary N) is 1. The summed E-state index contributed by atoms with van der Waals surface area (Å²) in [7, 11) is -3.28. The second-order valence-corrected chi connectivity index (χ2v) is 7.43. The lowest BCUT2D eigenvalue weighted by atomic mass is 10.2. The molecule has 21 heavy (non-hydrogen) atoms. The third-order valence-electron chi connectivity index (χ3n) is 3.35. The number of hydrogen-bond acceptors (Lipinski definition) is 4. The minimum atomic E-state index is -3.28. The predicted molar refractivity (Wildman–Crippen MR) is 83.0 cm³/mol. The fraction of sp³-hybridized carbons (Fsp3) is 0.375. The molecule has 2 aromatic rings. The smallest absolute Gasteiger partial charge is 0.179 e. The zero-order chi connectivity index (χ0) is 15.5. The highest BCUT2D eigenvalue weighted by atomic mass is 32.2. The summed E-state index contributed by atoms with van der Waals surface area (Å²) in [6, 6.07) is 10.5. The van der Waals surface area contributed by atoms with Gasteiger partial charge in [-0.1, -0.05) is 17.7 Å². The lowest BCUT2D eigenvalue weighted by molar-refractivity contribution is 0.408. The van der Waals surface area contributed by atoms with Crippen LogP contribution in [0.1, 0.15) is 31.2 Å². The Bertz CT molecular complexity index is 660. The van der Waals surface area contributed by atoms with E-state index in [9.17, 15) is 8.42 Å². The molecular formula is C16H21NO3S. The first-order valence-corrected chi connectivity index (χ1v) is 8.62. The fourth-order valence-corrected chi connectivity index (χ4v) is 3.76. The van der Waals surface area contributed by atoms with Gasteiger partial charge in [0.05, 0.1) is 23.0 Å². The van der Waals surface area contributed by atoms with E-state index in [1.54, 1.807) is 18.4 Å². The van der Waals surface area contributed by atoms with Crippen molar-refractivity contribution in [3.05, 3.63) is 54.0 Å². The van der Waals surface area contributed by atoms with Crippen LogP contribution in [0, 0.1) is 6.92 Å². The van der Waals surface area contributed by atoms with Crippen molar-refractivity contribution in [1.29, 1.82) is 0 Å². The Morgan fingerprint density at radius 3 is 2.38 bits per heavy atom. The van der Waals surface area contributed by atoms with E-state index in [4.69, 9.17) is 4.42 Å². The van der Waals surface area contributed by atoms with Gasteiger partial charge in [-0.2, -0.15) is 0 Å². The number of sulfone groups is 1. The number of hydrogen-bond donors (Lipinski definition) is 1. The van der Waals surface area contributed by atoms with E-state index < -0.39 is 9.84 Å². The van der Waals surface area contributed by atoms with Crippen molar-refractivity contribution in [2.75, 3.05) is 5.75 Å². The first-order chi connectivity index (χ1) is 9.88. The van der Waals surface area contributed by atoms with E-state index in [-0.39, 0.29) is 17.8 Å². The lowest BCUT2D eigenvalue weighted by Crippen LogP contribution is -2.34. The molecule has 0 saturated carbocycles. The number of rotatable bonds is 6. The lowest BCUT2D eigenvalue weighted by Gasteiger charge is -2.18. The molecule has 1 aromatic carbocycles. The molecule has 0 bridgehead atoms. The maximum absolute atomic E-state index is 12.4. The zero-order valence-electron chi connectivity index (χ0n) is 12.5. The van der Waals surface area contributed by atoms with Crippen LogP contribution < -0.4 is 5.32 Å². The molecule has 0 amide bonds. The molecule has 2 unspecified atom stereocenters. The van der Waals surface area contributed by atoms with Crippen molar-refractivity contribution in [1.82, 2.24) is 5.32 Å². The van der Waals surface area contributed by atoms with Gasteiger partial charge < -0.3 is 9.73 Å². The SMILES string of the molecule is Cc1ccc(S(=O)(=O)CC(C)NC(C)c2ccco2)cc1. The minimum Gasteiger partial charge on any atom is -0.468 e. The quantitative estimate of drug-likeness (QED) is 0.891. The normalized spacial score (nSPS) is 14.8. The zero-order valence-corrected chi connectivity index (χ0v) is 13.4. The van der Waals surface area contributed by atoms with Gasteiger partial charge in [-0.25, -0.2) is 8.42 Å². The van der Waals surface area contributed by atoms with Crippen LogP contribution in [0.2, 0.25) is 0 Å². The van der Waals surface area contributed by atoms with E-state index >= 15 is 0 Å². The fourth-order valence-electron chi connectivity index (χ4n) is 2.27. The second-order valence-electron chi connectivity index (χ2n) is 5.40. The molecule has 2 rings (SSSR count). The largest absolute Gasteiger partial charge is 0.468 e. The summed E-state index contributed by atoms with van der Waals surface area (Å²) in [4.78, 5) is 0.368. The van der Waals surface area contributed by atoms with Crippen LogP contribution in [0.25, 0.3) is 0 Å². The van der Waals surface area contributed by atoms with Gasteiger partial charge in [-0.05, 0) is 45.0 Å². The van der Waals surface area contributed by atoms with Crippen molar-refractivity contribution in [2.24, 2.45) is 0 Å².